The molecule has 172 valence electrons. The van der Waals surface area contributed by atoms with Crippen molar-refractivity contribution in [2.75, 3.05) is 5.75 Å². The molecule has 1 aromatic heterocycles. The molecule has 1 aliphatic rings. The Bertz CT molecular complexity index is 1010. The molecule has 2 heterocycles. The lowest BCUT2D eigenvalue weighted by molar-refractivity contribution is -0.0256. The number of nitrogens with zero attached hydrogens (tertiary/aromatic N) is 3. The van der Waals surface area contributed by atoms with Gasteiger partial charge in [0, 0.05) is 31.0 Å². The fourth-order valence-corrected chi connectivity index (χ4v) is 3.93. The molecule has 0 N–H and O–H groups in total. The molecule has 0 bridgehead atoms. The first kappa shape index (κ1) is 24.1. The minimum Gasteiger partial charge on any atom is -0.452 e. The molecule has 2 aromatic rings. The van der Waals surface area contributed by atoms with E-state index in [4.69, 9.17) is 9.47 Å². The molecule has 0 amide bonds. The van der Waals surface area contributed by atoms with Crippen molar-refractivity contribution in [1.82, 2.24) is 9.78 Å². The first-order chi connectivity index (χ1) is 15.1. The van der Waals surface area contributed by atoms with Crippen molar-refractivity contribution in [1.29, 1.82) is 0 Å². The number of aliphatic imine (C=N–C) groups is 1. The number of aromatic nitrogens is 2. The zero-order chi connectivity index (χ0) is 23.5. The summed E-state index contributed by atoms with van der Waals surface area (Å²) >= 11 is 1.12. The Labute approximate surface area is 195 Å². The van der Waals surface area contributed by atoms with Crippen molar-refractivity contribution in [3.63, 3.8) is 0 Å². The van der Waals surface area contributed by atoms with Gasteiger partial charge >= 0.3 is 5.30 Å². The van der Waals surface area contributed by atoms with Crippen LogP contribution in [0.25, 0.3) is 11.3 Å². The zero-order valence-electron chi connectivity index (χ0n) is 20.0. The minimum atomic E-state index is -0.750. The molecule has 2 atom stereocenters. The first-order valence-corrected chi connectivity index (χ1v) is 12.1. The second-order valence-corrected chi connectivity index (χ2v) is 9.99. The number of carbonyl (C=O) groups excluding carboxylic acids is 1. The van der Waals surface area contributed by atoms with E-state index in [0.717, 1.165) is 34.3 Å². The summed E-state index contributed by atoms with van der Waals surface area (Å²) < 4.78 is 13.7. The molecule has 6 nitrogen and oxygen atoms in total. The molecule has 0 fully saturated rings. The molecule has 0 spiro atoms. The normalized spacial score (nSPS) is 17.0. The number of ether oxygens (including phenoxy) is 2. The predicted molar refractivity (Wildman–Crippen MR) is 132 cm³/mol. The maximum absolute atomic E-state index is 12.0. The van der Waals surface area contributed by atoms with Gasteiger partial charge in [-0.05, 0) is 48.2 Å². The van der Waals surface area contributed by atoms with E-state index in [1.807, 2.05) is 37.7 Å². The average molecular weight is 456 g/mol. The van der Waals surface area contributed by atoms with Gasteiger partial charge in [0.1, 0.15) is 11.7 Å². The highest BCUT2D eigenvalue weighted by molar-refractivity contribution is 8.13. The Morgan fingerprint density at radius 1 is 1.19 bits per heavy atom. The topological polar surface area (TPSA) is 65.7 Å². The summed E-state index contributed by atoms with van der Waals surface area (Å²) in [6.07, 6.45) is 1.15. The molecule has 32 heavy (non-hydrogen) atoms. The maximum Gasteiger partial charge on any atom is 0.370 e. The van der Waals surface area contributed by atoms with Crippen molar-refractivity contribution in [2.45, 2.75) is 72.8 Å². The summed E-state index contributed by atoms with van der Waals surface area (Å²) in [7, 11) is 0. The Morgan fingerprint density at radius 2 is 1.84 bits per heavy atom. The summed E-state index contributed by atoms with van der Waals surface area (Å²) in [5.74, 6) is 1.29. The van der Waals surface area contributed by atoms with Crippen LogP contribution >= 0.6 is 11.8 Å². The van der Waals surface area contributed by atoms with E-state index >= 15 is 0 Å². The van der Waals surface area contributed by atoms with Gasteiger partial charge in [0.25, 0.3) is 0 Å². The second kappa shape index (κ2) is 9.94. The molecule has 7 heteroatoms. The van der Waals surface area contributed by atoms with Crippen LogP contribution in [-0.2, 0) is 21.4 Å². The van der Waals surface area contributed by atoms with Crippen LogP contribution < -0.4 is 0 Å². The van der Waals surface area contributed by atoms with Crippen LogP contribution in [0.15, 0.2) is 35.3 Å². The molecular weight excluding hydrogens is 422 g/mol. The van der Waals surface area contributed by atoms with Gasteiger partial charge in [-0.1, -0.05) is 52.0 Å². The largest absolute Gasteiger partial charge is 0.452 e. The van der Waals surface area contributed by atoms with E-state index in [1.165, 1.54) is 5.56 Å². The van der Waals surface area contributed by atoms with Crippen molar-refractivity contribution in [2.24, 2.45) is 4.99 Å². The molecule has 1 aliphatic heterocycles. The average Bonchev–Trinajstić information content (AvgIpc) is 3.48. The number of rotatable bonds is 8. The third kappa shape index (κ3) is 5.82. The highest BCUT2D eigenvalue weighted by Crippen LogP contribution is 2.36. The van der Waals surface area contributed by atoms with Crippen LogP contribution in [0.2, 0.25) is 0 Å². The lowest BCUT2D eigenvalue weighted by atomic mass is 9.86. The van der Waals surface area contributed by atoms with E-state index in [0.29, 0.717) is 18.1 Å². The van der Waals surface area contributed by atoms with Crippen LogP contribution in [0.5, 0.6) is 0 Å². The number of benzene rings is 1. The van der Waals surface area contributed by atoms with Gasteiger partial charge in [-0.2, -0.15) is 5.10 Å². The monoisotopic (exact) mass is 455 g/mol. The Morgan fingerprint density at radius 3 is 2.38 bits per heavy atom. The molecule has 1 aromatic carbocycles. The van der Waals surface area contributed by atoms with Crippen LogP contribution in [-0.4, -0.2) is 39.4 Å². The summed E-state index contributed by atoms with van der Waals surface area (Å²) in [6, 6.07) is 10.5. The number of carbonyl (C=O) groups is 1. The number of hydrogen-bond donors (Lipinski definition) is 0. The van der Waals surface area contributed by atoms with E-state index < -0.39 is 6.29 Å². The van der Waals surface area contributed by atoms with E-state index in [-0.39, 0.29) is 16.8 Å². The van der Waals surface area contributed by atoms with Gasteiger partial charge in [-0.25, -0.2) is 4.79 Å². The van der Waals surface area contributed by atoms with Gasteiger partial charge in [-0.3, -0.25) is 9.67 Å². The summed E-state index contributed by atoms with van der Waals surface area (Å²) in [4.78, 5) is 16.5. The van der Waals surface area contributed by atoms with E-state index in [9.17, 15) is 4.79 Å². The maximum atomic E-state index is 12.0. The standard InChI is InChI=1S/C25H33N3O3S/c1-8-28-21(14-16(3)27-28)23(30-17(4)31-24(29)32-9-2)22(20-15-26-20)18-10-12-19(13-11-18)25(5,6)7/h10-15,17,20H,8-9H2,1-7H3/b23-22+. The van der Waals surface area contributed by atoms with Crippen LogP contribution in [0.1, 0.15) is 64.1 Å². The van der Waals surface area contributed by atoms with Crippen LogP contribution in [0.4, 0.5) is 4.79 Å². The fraction of sp³-hybridized carbons (Fsp3) is 0.480. The Balaban J connectivity index is 2.08. The lowest BCUT2D eigenvalue weighted by Gasteiger charge is -2.22. The third-order valence-electron chi connectivity index (χ3n) is 5.14. The molecule has 0 aliphatic carbocycles. The van der Waals surface area contributed by atoms with Crippen LogP contribution in [0.3, 0.4) is 0 Å². The van der Waals surface area contributed by atoms with Gasteiger partial charge in [0.05, 0.1) is 5.69 Å². The number of aryl methyl sites for hydroxylation is 2. The van der Waals surface area contributed by atoms with Gasteiger partial charge < -0.3 is 9.47 Å². The predicted octanol–water partition coefficient (Wildman–Crippen LogP) is 6.08. The number of thioether (sulfide) groups is 1. The highest BCUT2D eigenvalue weighted by Gasteiger charge is 2.30. The van der Waals surface area contributed by atoms with Gasteiger partial charge in [-0.15, -0.1) is 0 Å². The van der Waals surface area contributed by atoms with Crippen molar-refractivity contribution < 1.29 is 14.3 Å². The van der Waals surface area contributed by atoms with Crippen molar-refractivity contribution in [3.8, 4) is 0 Å². The summed E-state index contributed by atoms with van der Waals surface area (Å²) in [6.45, 7) is 14.9. The van der Waals surface area contributed by atoms with Gasteiger partial charge in [0.2, 0.25) is 6.29 Å². The molecule has 0 saturated carbocycles. The smallest absolute Gasteiger partial charge is 0.370 e. The van der Waals surface area contributed by atoms with Crippen molar-refractivity contribution >= 4 is 34.6 Å². The van der Waals surface area contributed by atoms with E-state index in [2.05, 4.69) is 55.1 Å². The first-order valence-electron chi connectivity index (χ1n) is 11.1. The molecule has 0 radical (unpaired) electrons. The van der Waals surface area contributed by atoms with Gasteiger partial charge in [0.15, 0.2) is 5.76 Å². The Kier molecular flexibility index (Phi) is 7.49. The summed E-state index contributed by atoms with van der Waals surface area (Å²) in [5, 5.41) is 4.25. The molecule has 0 saturated heterocycles. The second-order valence-electron chi connectivity index (χ2n) is 8.79. The molecular formula is C25H33N3O3S. The SMILES string of the molecule is CCSC(=O)OC(C)O/C(=C(\c1ccc(C(C)(C)C)cc1)C1C=N1)c1cc(C)nn1CC. The fourth-order valence-electron chi connectivity index (χ4n) is 3.49. The minimum absolute atomic E-state index is 0.0649. The quantitative estimate of drug-likeness (QED) is 0.274. The van der Waals surface area contributed by atoms with Crippen molar-refractivity contribution in [3.05, 3.63) is 52.8 Å². The highest BCUT2D eigenvalue weighted by atomic mass is 32.2. The molecule has 3 rings (SSSR count). The van der Waals surface area contributed by atoms with Crippen LogP contribution in [0, 0.1) is 6.92 Å². The van der Waals surface area contributed by atoms with E-state index in [1.54, 1.807) is 6.92 Å². The third-order valence-corrected chi connectivity index (χ3v) is 5.76. The molecule has 2 unspecified atom stereocenters. The summed E-state index contributed by atoms with van der Waals surface area (Å²) in [5.41, 5.74) is 5.04. The Hall–Kier alpha value is -2.54. The number of hydrogen-bond acceptors (Lipinski definition) is 6. The lowest BCUT2D eigenvalue weighted by Crippen LogP contribution is -2.18. The zero-order valence-corrected chi connectivity index (χ0v) is 20.8.